The lowest BCUT2D eigenvalue weighted by atomic mass is 10.2. The first-order chi connectivity index (χ1) is 12.6. The molecule has 0 saturated carbocycles. The molecule has 0 atom stereocenters. The van der Waals surface area contributed by atoms with E-state index in [0.29, 0.717) is 32.8 Å². The van der Waals surface area contributed by atoms with Crippen LogP contribution in [0.15, 0.2) is 42.5 Å². The lowest BCUT2D eigenvalue weighted by Gasteiger charge is -2.09. The van der Waals surface area contributed by atoms with Gasteiger partial charge in [0.25, 0.3) is 0 Å². The molecule has 26 heavy (non-hydrogen) atoms. The molecule has 1 aromatic heterocycles. The van der Waals surface area contributed by atoms with Crippen molar-refractivity contribution in [3.63, 3.8) is 0 Å². The van der Waals surface area contributed by atoms with Crippen LogP contribution in [0.25, 0.3) is 11.4 Å². The number of benzene rings is 2. The number of aromatic nitrogens is 3. The molecule has 0 unspecified atom stereocenters. The second kappa shape index (κ2) is 6.81. The van der Waals surface area contributed by atoms with Crippen molar-refractivity contribution in [1.29, 1.82) is 0 Å². The Morgan fingerprint density at radius 3 is 2.81 bits per heavy atom. The molecule has 7 nitrogen and oxygen atoms in total. The van der Waals surface area contributed by atoms with E-state index in [-0.39, 0.29) is 19.2 Å². The molecule has 0 radical (unpaired) electrons. The molecule has 1 aliphatic heterocycles. The van der Waals surface area contributed by atoms with Gasteiger partial charge in [0.1, 0.15) is 6.54 Å². The maximum Gasteiger partial charge on any atom is 0.244 e. The number of amides is 1. The first-order valence-corrected chi connectivity index (χ1v) is 8.49. The van der Waals surface area contributed by atoms with Crippen LogP contribution in [0.1, 0.15) is 0 Å². The minimum Gasteiger partial charge on any atom is -0.454 e. The highest BCUT2D eigenvalue weighted by Gasteiger charge is 2.16. The third-order valence-electron chi connectivity index (χ3n) is 3.82. The molecule has 0 saturated heterocycles. The summed E-state index contributed by atoms with van der Waals surface area (Å²) in [4.78, 5) is 12.5. The number of fused-ring (bicyclic) bond motifs is 1. The van der Waals surface area contributed by atoms with Crippen molar-refractivity contribution in [1.82, 2.24) is 14.8 Å². The average Bonchev–Trinajstić information content (AvgIpc) is 3.23. The molecule has 2 N–H and O–H groups in total. The SMILES string of the molecule is O=C(Cn1c(-c2ccc(Cl)cc2)n[nH]c1=S)Nc1ccc2c(c1)OCO2. The number of ether oxygens (including phenoxy) is 2. The normalized spacial score (nSPS) is 12.2. The summed E-state index contributed by atoms with van der Waals surface area (Å²) in [5, 5.41) is 10.4. The standard InChI is InChI=1S/C17H13ClN4O3S/c18-11-3-1-10(2-4-11)16-20-21-17(26)22(16)8-15(23)19-12-5-6-13-14(7-12)25-9-24-13/h1-7H,8-9H2,(H,19,23)(H,21,26). The molecular weight excluding hydrogens is 376 g/mol. The van der Waals surface area contributed by atoms with E-state index in [4.69, 9.17) is 33.3 Å². The van der Waals surface area contributed by atoms with Gasteiger partial charge in [-0.05, 0) is 48.6 Å². The number of hydrogen-bond donors (Lipinski definition) is 2. The fourth-order valence-corrected chi connectivity index (χ4v) is 2.92. The predicted molar refractivity (Wildman–Crippen MR) is 99.1 cm³/mol. The number of aromatic amines is 1. The molecule has 0 spiro atoms. The Kier molecular flexibility index (Phi) is 4.36. The van der Waals surface area contributed by atoms with E-state index < -0.39 is 0 Å². The topological polar surface area (TPSA) is 81.2 Å². The number of halogens is 1. The number of carbonyl (C=O) groups excluding carboxylic acids is 1. The number of nitrogens with zero attached hydrogens (tertiary/aromatic N) is 2. The summed E-state index contributed by atoms with van der Waals surface area (Å²) in [6.45, 7) is 0.198. The van der Waals surface area contributed by atoms with Crippen LogP contribution < -0.4 is 14.8 Å². The summed E-state index contributed by atoms with van der Waals surface area (Å²) in [6, 6.07) is 12.4. The maximum absolute atomic E-state index is 12.5. The van der Waals surface area contributed by atoms with Crippen LogP contribution in [0.4, 0.5) is 5.69 Å². The Bertz CT molecular complexity index is 1030. The Labute approximate surface area is 158 Å². The molecule has 1 amide bonds. The first kappa shape index (κ1) is 16.6. The summed E-state index contributed by atoms with van der Waals surface area (Å²) in [5.41, 5.74) is 1.42. The van der Waals surface area contributed by atoms with Crippen LogP contribution in [0.3, 0.4) is 0 Å². The second-order valence-corrected chi connectivity index (χ2v) is 6.38. The van der Waals surface area contributed by atoms with Gasteiger partial charge in [0.05, 0.1) is 0 Å². The fourth-order valence-electron chi connectivity index (χ4n) is 2.60. The highest BCUT2D eigenvalue weighted by Crippen LogP contribution is 2.34. The third kappa shape index (κ3) is 3.29. The van der Waals surface area contributed by atoms with E-state index in [0.717, 1.165) is 5.56 Å². The quantitative estimate of drug-likeness (QED) is 0.667. The van der Waals surface area contributed by atoms with Crippen LogP contribution in [-0.4, -0.2) is 27.5 Å². The lowest BCUT2D eigenvalue weighted by Crippen LogP contribution is -2.19. The molecule has 0 fully saturated rings. The Morgan fingerprint density at radius 2 is 2.00 bits per heavy atom. The van der Waals surface area contributed by atoms with Crippen LogP contribution in [-0.2, 0) is 11.3 Å². The van der Waals surface area contributed by atoms with Gasteiger partial charge in [-0.2, -0.15) is 5.10 Å². The van der Waals surface area contributed by atoms with Crippen LogP contribution >= 0.6 is 23.8 Å². The van der Waals surface area contributed by atoms with Gasteiger partial charge in [-0.25, -0.2) is 0 Å². The molecule has 4 rings (SSSR count). The number of hydrogen-bond acceptors (Lipinski definition) is 5. The van der Waals surface area contributed by atoms with E-state index in [1.54, 1.807) is 34.9 Å². The van der Waals surface area contributed by atoms with Gasteiger partial charge >= 0.3 is 0 Å². The first-order valence-electron chi connectivity index (χ1n) is 7.71. The Hall–Kier alpha value is -2.84. The highest BCUT2D eigenvalue weighted by atomic mass is 35.5. The van der Waals surface area contributed by atoms with E-state index in [2.05, 4.69) is 15.5 Å². The van der Waals surface area contributed by atoms with Gasteiger partial charge in [-0.15, -0.1) is 0 Å². The van der Waals surface area contributed by atoms with Gasteiger partial charge in [-0.3, -0.25) is 14.5 Å². The number of anilines is 1. The summed E-state index contributed by atoms with van der Waals surface area (Å²) < 4.78 is 12.6. The lowest BCUT2D eigenvalue weighted by molar-refractivity contribution is -0.116. The summed E-state index contributed by atoms with van der Waals surface area (Å²) in [5.74, 6) is 1.58. The molecule has 0 aliphatic carbocycles. The fraction of sp³-hybridized carbons (Fsp3) is 0.118. The van der Waals surface area contributed by atoms with Crippen molar-refractivity contribution in [2.24, 2.45) is 0 Å². The van der Waals surface area contributed by atoms with Gasteiger partial charge in [0.15, 0.2) is 22.1 Å². The van der Waals surface area contributed by atoms with Crippen LogP contribution in [0, 0.1) is 4.77 Å². The number of H-pyrrole nitrogens is 1. The molecule has 2 aromatic carbocycles. The molecule has 9 heteroatoms. The van der Waals surface area contributed by atoms with Gasteiger partial charge in [0, 0.05) is 22.3 Å². The van der Waals surface area contributed by atoms with Crippen molar-refractivity contribution < 1.29 is 14.3 Å². The molecule has 2 heterocycles. The van der Waals surface area contributed by atoms with Crippen molar-refractivity contribution >= 4 is 35.4 Å². The molecule has 3 aromatic rings. The number of carbonyl (C=O) groups is 1. The third-order valence-corrected chi connectivity index (χ3v) is 4.38. The van der Waals surface area contributed by atoms with E-state index in [1.807, 2.05) is 12.1 Å². The minimum atomic E-state index is -0.239. The van der Waals surface area contributed by atoms with E-state index in [1.165, 1.54) is 0 Å². The van der Waals surface area contributed by atoms with Crippen LogP contribution in [0.5, 0.6) is 11.5 Å². The Balaban J connectivity index is 1.54. The number of rotatable bonds is 4. The summed E-state index contributed by atoms with van der Waals surface area (Å²) >= 11 is 11.2. The predicted octanol–water partition coefficient (Wildman–Crippen LogP) is 3.63. The molecule has 1 aliphatic rings. The van der Waals surface area contributed by atoms with Crippen molar-refractivity contribution in [3.05, 3.63) is 52.3 Å². The van der Waals surface area contributed by atoms with Crippen LogP contribution in [0.2, 0.25) is 5.02 Å². The van der Waals surface area contributed by atoms with Crippen molar-refractivity contribution in [2.75, 3.05) is 12.1 Å². The zero-order chi connectivity index (χ0) is 18.1. The average molecular weight is 389 g/mol. The molecule has 132 valence electrons. The van der Waals surface area contributed by atoms with Crippen molar-refractivity contribution in [3.8, 4) is 22.9 Å². The number of nitrogens with one attached hydrogen (secondary N) is 2. The minimum absolute atomic E-state index is 0.0156. The van der Waals surface area contributed by atoms with Crippen molar-refractivity contribution in [2.45, 2.75) is 6.54 Å². The van der Waals surface area contributed by atoms with Gasteiger partial charge in [0.2, 0.25) is 12.7 Å². The second-order valence-electron chi connectivity index (χ2n) is 5.56. The highest BCUT2D eigenvalue weighted by molar-refractivity contribution is 7.71. The zero-order valence-corrected chi connectivity index (χ0v) is 14.9. The van der Waals surface area contributed by atoms with Gasteiger partial charge in [-0.1, -0.05) is 11.6 Å². The Morgan fingerprint density at radius 1 is 1.23 bits per heavy atom. The summed E-state index contributed by atoms with van der Waals surface area (Å²) in [6.07, 6.45) is 0. The van der Waals surface area contributed by atoms with Gasteiger partial charge < -0.3 is 14.8 Å². The largest absolute Gasteiger partial charge is 0.454 e. The van der Waals surface area contributed by atoms with E-state index >= 15 is 0 Å². The molecule has 0 bridgehead atoms. The van der Waals surface area contributed by atoms with E-state index in [9.17, 15) is 4.79 Å². The smallest absolute Gasteiger partial charge is 0.244 e. The monoisotopic (exact) mass is 388 g/mol. The summed E-state index contributed by atoms with van der Waals surface area (Å²) in [7, 11) is 0. The maximum atomic E-state index is 12.5. The zero-order valence-electron chi connectivity index (χ0n) is 13.4. The molecular formula is C17H13ClN4O3S.